The van der Waals surface area contributed by atoms with Crippen molar-refractivity contribution in [3.05, 3.63) is 70.3 Å². The molecule has 0 aliphatic heterocycles. The van der Waals surface area contributed by atoms with Gasteiger partial charge in [0.25, 0.3) is 11.6 Å². The van der Waals surface area contributed by atoms with E-state index < -0.39 is 4.92 Å². The summed E-state index contributed by atoms with van der Waals surface area (Å²) in [6.07, 6.45) is 3.20. The smallest absolute Gasteiger partial charge is 0.284 e. The number of amides is 1. The molecule has 1 aromatic carbocycles. The summed E-state index contributed by atoms with van der Waals surface area (Å²) in [6, 6.07) is 4.49. The Hall–Kier alpha value is -2.45. The lowest BCUT2D eigenvalue weighted by Crippen LogP contribution is -2.31. The van der Waals surface area contributed by atoms with Crippen LogP contribution in [0.5, 0.6) is 0 Å². The predicted molar refractivity (Wildman–Crippen MR) is 100 cm³/mol. The number of hydrogen-bond donors (Lipinski definition) is 0. The number of aryl methyl sites for hydroxylation is 1. The Kier molecular flexibility index (Phi) is 6.49. The zero-order valence-electron chi connectivity index (χ0n) is 13.7. The van der Waals surface area contributed by atoms with Crippen molar-refractivity contribution in [2.75, 3.05) is 13.1 Å². The standard InChI is InChI=1S/C17H17N3O3S2/c1-4-8-19(9-5-2)16(21)13-6-7-15(14(10-13)20(22)23)25-17-18-12(3)11-24-17/h4-7,10-11H,1-2,8-9H2,3H3. The number of hydrogen-bond acceptors (Lipinski definition) is 6. The van der Waals surface area contributed by atoms with Crippen molar-refractivity contribution in [2.24, 2.45) is 0 Å². The summed E-state index contributed by atoms with van der Waals surface area (Å²) in [6.45, 7) is 9.79. The number of nitrogens with zero attached hydrogens (tertiary/aromatic N) is 3. The molecule has 0 atom stereocenters. The third-order valence-electron chi connectivity index (χ3n) is 3.18. The van der Waals surface area contributed by atoms with Crippen LogP contribution in [-0.2, 0) is 0 Å². The zero-order valence-corrected chi connectivity index (χ0v) is 15.3. The fourth-order valence-corrected chi connectivity index (χ4v) is 3.97. The SMILES string of the molecule is C=CCN(CC=C)C(=O)c1ccc(Sc2nc(C)cs2)c([N+](=O)[O-])c1. The molecule has 1 heterocycles. The van der Waals surface area contributed by atoms with Crippen LogP contribution in [0.4, 0.5) is 5.69 Å². The summed E-state index contributed by atoms with van der Waals surface area (Å²) in [7, 11) is 0. The highest BCUT2D eigenvalue weighted by atomic mass is 32.2. The van der Waals surface area contributed by atoms with Crippen molar-refractivity contribution in [1.29, 1.82) is 0 Å². The summed E-state index contributed by atoms with van der Waals surface area (Å²) >= 11 is 2.65. The van der Waals surface area contributed by atoms with Gasteiger partial charge < -0.3 is 4.90 Å². The maximum absolute atomic E-state index is 12.6. The Morgan fingerprint density at radius 1 is 1.40 bits per heavy atom. The van der Waals surface area contributed by atoms with Crippen LogP contribution in [0.25, 0.3) is 0 Å². The summed E-state index contributed by atoms with van der Waals surface area (Å²) in [5, 5.41) is 13.3. The van der Waals surface area contributed by atoms with E-state index in [0.717, 1.165) is 10.0 Å². The summed E-state index contributed by atoms with van der Waals surface area (Å²) < 4.78 is 0.722. The topological polar surface area (TPSA) is 76.3 Å². The maximum atomic E-state index is 12.6. The molecule has 130 valence electrons. The van der Waals surface area contributed by atoms with Gasteiger partial charge in [-0.1, -0.05) is 23.9 Å². The predicted octanol–water partition coefficient (Wildman–Crippen LogP) is 4.33. The Morgan fingerprint density at radius 3 is 2.60 bits per heavy atom. The third-order valence-corrected chi connectivity index (χ3v) is 5.31. The van der Waals surface area contributed by atoms with E-state index in [1.807, 2.05) is 12.3 Å². The van der Waals surface area contributed by atoms with Gasteiger partial charge in [-0.25, -0.2) is 4.98 Å². The van der Waals surface area contributed by atoms with E-state index in [0.29, 0.717) is 18.0 Å². The minimum Gasteiger partial charge on any atom is -0.331 e. The molecule has 8 heteroatoms. The van der Waals surface area contributed by atoms with Crippen LogP contribution in [0.3, 0.4) is 0 Å². The van der Waals surface area contributed by atoms with E-state index in [2.05, 4.69) is 18.1 Å². The van der Waals surface area contributed by atoms with Gasteiger partial charge in [0.2, 0.25) is 0 Å². The molecule has 0 N–H and O–H groups in total. The fraction of sp³-hybridized carbons (Fsp3) is 0.176. The Bertz CT molecular complexity index is 807. The molecule has 0 aliphatic rings. The Morgan fingerprint density at radius 2 is 2.08 bits per heavy atom. The monoisotopic (exact) mass is 375 g/mol. The summed E-state index contributed by atoms with van der Waals surface area (Å²) in [4.78, 5) is 29.8. The van der Waals surface area contributed by atoms with Crippen LogP contribution in [-0.4, -0.2) is 33.8 Å². The minimum absolute atomic E-state index is 0.110. The molecule has 0 saturated carbocycles. The van der Waals surface area contributed by atoms with Gasteiger partial charge in [0.05, 0.1) is 9.82 Å². The molecular formula is C17H17N3O3S2. The second-order valence-corrected chi connectivity index (χ2v) is 7.23. The number of carbonyl (C=O) groups excluding carboxylic acids is 1. The van der Waals surface area contributed by atoms with E-state index in [4.69, 9.17) is 0 Å². The largest absolute Gasteiger partial charge is 0.331 e. The van der Waals surface area contributed by atoms with Crippen LogP contribution < -0.4 is 0 Å². The molecule has 0 bridgehead atoms. The molecule has 0 unspecified atom stereocenters. The Labute approximate surface area is 154 Å². The maximum Gasteiger partial charge on any atom is 0.284 e. The first kappa shape index (κ1) is 18.9. The lowest BCUT2D eigenvalue weighted by molar-refractivity contribution is -0.387. The van der Waals surface area contributed by atoms with Crippen LogP contribution >= 0.6 is 23.1 Å². The average molecular weight is 375 g/mol. The van der Waals surface area contributed by atoms with Gasteiger partial charge in [0.15, 0.2) is 4.34 Å². The van der Waals surface area contributed by atoms with Gasteiger partial charge in [-0.2, -0.15) is 0 Å². The normalized spacial score (nSPS) is 10.3. The van der Waals surface area contributed by atoms with E-state index in [1.54, 1.807) is 24.3 Å². The molecule has 0 spiro atoms. The van der Waals surface area contributed by atoms with Crippen molar-refractivity contribution in [2.45, 2.75) is 16.2 Å². The van der Waals surface area contributed by atoms with Crippen molar-refractivity contribution in [3.8, 4) is 0 Å². The number of nitro groups is 1. The first-order valence-corrected chi connectivity index (χ1v) is 9.05. The van der Waals surface area contributed by atoms with Crippen molar-refractivity contribution >= 4 is 34.7 Å². The highest BCUT2D eigenvalue weighted by molar-refractivity contribution is 8.01. The van der Waals surface area contributed by atoms with E-state index in [9.17, 15) is 14.9 Å². The molecule has 0 fully saturated rings. The first-order valence-electron chi connectivity index (χ1n) is 7.35. The highest BCUT2D eigenvalue weighted by Gasteiger charge is 2.21. The highest BCUT2D eigenvalue weighted by Crippen LogP contribution is 2.36. The summed E-state index contributed by atoms with van der Waals surface area (Å²) in [5.74, 6) is -0.301. The van der Waals surface area contributed by atoms with Crippen LogP contribution in [0, 0.1) is 17.0 Å². The van der Waals surface area contributed by atoms with Crippen LogP contribution in [0.1, 0.15) is 16.1 Å². The van der Waals surface area contributed by atoms with Crippen LogP contribution in [0.2, 0.25) is 0 Å². The van der Waals surface area contributed by atoms with Gasteiger partial charge in [0.1, 0.15) is 0 Å². The first-order chi connectivity index (χ1) is 12.0. The quantitative estimate of drug-likeness (QED) is 0.390. The van der Waals surface area contributed by atoms with E-state index in [-0.39, 0.29) is 17.2 Å². The van der Waals surface area contributed by atoms with Gasteiger partial charge in [-0.3, -0.25) is 14.9 Å². The van der Waals surface area contributed by atoms with Crippen molar-refractivity contribution in [3.63, 3.8) is 0 Å². The van der Waals surface area contributed by atoms with Gasteiger partial charge in [-0.15, -0.1) is 24.5 Å². The Balaban J connectivity index is 2.34. The van der Waals surface area contributed by atoms with Crippen LogP contribution in [0.15, 0.2) is 58.1 Å². The van der Waals surface area contributed by atoms with Gasteiger partial charge >= 0.3 is 0 Å². The average Bonchev–Trinajstić information content (AvgIpc) is 2.99. The number of thiazole rings is 1. The second-order valence-electron chi connectivity index (χ2n) is 5.08. The number of aromatic nitrogens is 1. The molecule has 2 rings (SSSR count). The molecule has 0 radical (unpaired) electrons. The molecule has 1 aromatic heterocycles. The number of carbonyl (C=O) groups is 1. The minimum atomic E-state index is -0.481. The summed E-state index contributed by atoms with van der Waals surface area (Å²) in [5.41, 5.74) is 1.02. The zero-order chi connectivity index (χ0) is 18.4. The molecule has 0 aliphatic carbocycles. The number of benzene rings is 1. The lowest BCUT2D eigenvalue weighted by atomic mass is 10.1. The van der Waals surface area contributed by atoms with Crippen molar-refractivity contribution < 1.29 is 9.72 Å². The molecule has 25 heavy (non-hydrogen) atoms. The van der Waals surface area contributed by atoms with E-state index in [1.165, 1.54) is 34.1 Å². The molecule has 2 aromatic rings. The van der Waals surface area contributed by atoms with E-state index >= 15 is 0 Å². The lowest BCUT2D eigenvalue weighted by Gasteiger charge is -2.19. The molecule has 6 nitrogen and oxygen atoms in total. The van der Waals surface area contributed by atoms with Crippen molar-refractivity contribution in [1.82, 2.24) is 9.88 Å². The molecular weight excluding hydrogens is 358 g/mol. The number of rotatable bonds is 8. The third kappa shape index (κ3) is 4.77. The molecule has 0 saturated heterocycles. The molecule has 1 amide bonds. The van der Waals surface area contributed by atoms with Gasteiger partial charge in [0, 0.05) is 35.8 Å². The fourth-order valence-electron chi connectivity index (χ4n) is 2.09. The number of nitro benzene ring substituents is 1. The second kappa shape index (κ2) is 8.59. The van der Waals surface area contributed by atoms with Gasteiger partial charge in [-0.05, 0) is 19.1 Å².